The molecule has 0 atom stereocenters. The van der Waals surface area contributed by atoms with Gasteiger partial charge in [-0.05, 0) is 43.3 Å². The normalized spacial score (nSPS) is 14.2. The van der Waals surface area contributed by atoms with E-state index < -0.39 is 5.82 Å². The van der Waals surface area contributed by atoms with Gasteiger partial charge in [-0.15, -0.1) is 0 Å². The summed E-state index contributed by atoms with van der Waals surface area (Å²) >= 11 is 0. The lowest BCUT2D eigenvalue weighted by Crippen LogP contribution is -2.41. The van der Waals surface area contributed by atoms with Crippen molar-refractivity contribution in [2.75, 3.05) is 43.5 Å². The molecular weight excluding hydrogens is 413 g/mol. The molecule has 1 aliphatic rings. The number of carbonyl (C=O) groups excluding carboxylic acids is 2. The molecule has 1 aliphatic heterocycles. The summed E-state index contributed by atoms with van der Waals surface area (Å²) in [4.78, 5) is 27.0. The van der Waals surface area contributed by atoms with Gasteiger partial charge in [0.2, 0.25) is 5.91 Å². The average molecular weight is 437 g/mol. The van der Waals surface area contributed by atoms with Crippen molar-refractivity contribution >= 4 is 23.2 Å². The highest BCUT2D eigenvalue weighted by atomic mass is 19.1. The Bertz CT molecular complexity index is 1110. The number of morpholine rings is 1. The van der Waals surface area contributed by atoms with Crippen molar-refractivity contribution in [2.45, 2.75) is 6.92 Å². The lowest BCUT2D eigenvalue weighted by molar-refractivity contribution is -0.118. The Hall–Kier alpha value is -3.56. The molecule has 1 saturated heterocycles. The maximum absolute atomic E-state index is 14.1. The van der Waals surface area contributed by atoms with Crippen LogP contribution >= 0.6 is 0 Å². The van der Waals surface area contributed by atoms with Crippen LogP contribution in [0, 0.1) is 12.7 Å². The van der Waals surface area contributed by atoms with Crippen molar-refractivity contribution in [3.63, 3.8) is 0 Å². The highest BCUT2D eigenvalue weighted by Gasteiger charge is 2.17. The summed E-state index contributed by atoms with van der Waals surface area (Å²) in [5.41, 5.74) is 2.36. The van der Waals surface area contributed by atoms with Gasteiger partial charge >= 0.3 is 0 Å². The first-order valence-electron chi connectivity index (χ1n) is 10.3. The Labute approximate surface area is 185 Å². The van der Waals surface area contributed by atoms with E-state index >= 15 is 0 Å². The number of hydrogen-bond acceptors (Lipinski definition) is 5. The van der Waals surface area contributed by atoms with E-state index in [0.29, 0.717) is 42.4 Å². The van der Waals surface area contributed by atoms with Crippen LogP contribution in [0.2, 0.25) is 0 Å². The second-order valence-electron chi connectivity index (χ2n) is 7.48. The summed E-state index contributed by atoms with van der Waals surface area (Å²) in [6.45, 7) is 4.78. The molecular formula is C23H24FN5O3. The standard InChI is InChI=1S/C23H24FN5O3/c1-16-19(14-25-29(16)21-5-3-2-4-20(21)24)23(31)27-18-8-6-17(7-9-18)26-22(30)15-28-10-12-32-13-11-28/h2-9,14H,10-13,15H2,1H3,(H,26,30)(H,27,31). The van der Waals surface area contributed by atoms with Gasteiger partial charge in [0.05, 0.1) is 37.2 Å². The van der Waals surface area contributed by atoms with Gasteiger partial charge < -0.3 is 15.4 Å². The predicted octanol–water partition coefficient (Wildman–Crippen LogP) is 2.84. The lowest BCUT2D eigenvalue weighted by Gasteiger charge is -2.25. The minimum Gasteiger partial charge on any atom is -0.379 e. The lowest BCUT2D eigenvalue weighted by atomic mass is 10.2. The van der Waals surface area contributed by atoms with Crippen LogP contribution in [0.5, 0.6) is 0 Å². The van der Waals surface area contributed by atoms with Gasteiger partial charge in [0, 0.05) is 24.5 Å². The van der Waals surface area contributed by atoms with Crippen molar-refractivity contribution in [3.05, 3.63) is 71.8 Å². The Balaban J connectivity index is 1.37. The third kappa shape index (κ3) is 5.01. The monoisotopic (exact) mass is 437 g/mol. The minimum atomic E-state index is -0.420. The molecule has 0 saturated carbocycles. The smallest absolute Gasteiger partial charge is 0.259 e. The number of aromatic nitrogens is 2. The number of ether oxygens (including phenoxy) is 1. The minimum absolute atomic E-state index is 0.0973. The van der Waals surface area contributed by atoms with Crippen LogP contribution in [0.1, 0.15) is 16.1 Å². The zero-order valence-corrected chi connectivity index (χ0v) is 17.7. The number of anilines is 2. The maximum atomic E-state index is 14.1. The molecule has 166 valence electrons. The quantitative estimate of drug-likeness (QED) is 0.619. The van der Waals surface area contributed by atoms with E-state index in [1.807, 2.05) is 4.90 Å². The summed E-state index contributed by atoms with van der Waals surface area (Å²) in [5, 5.41) is 9.82. The predicted molar refractivity (Wildman–Crippen MR) is 119 cm³/mol. The first-order chi connectivity index (χ1) is 15.5. The highest BCUT2D eigenvalue weighted by molar-refractivity contribution is 6.05. The van der Waals surface area contributed by atoms with E-state index in [4.69, 9.17) is 4.74 Å². The first-order valence-corrected chi connectivity index (χ1v) is 10.3. The molecule has 4 rings (SSSR count). The summed E-state index contributed by atoms with van der Waals surface area (Å²) in [6, 6.07) is 13.1. The van der Waals surface area contributed by atoms with Gasteiger partial charge in [0.15, 0.2) is 0 Å². The van der Waals surface area contributed by atoms with Crippen molar-refractivity contribution in [2.24, 2.45) is 0 Å². The Kier molecular flexibility index (Phi) is 6.58. The van der Waals surface area contributed by atoms with Crippen molar-refractivity contribution < 1.29 is 18.7 Å². The Morgan fingerprint density at radius 2 is 1.69 bits per heavy atom. The fourth-order valence-electron chi connectivity index (χ4n) is 3.50. The zero-order chi connectivity index (χ0) is 22.5. The number of carbonyl (C=O) groups is 2. The van der Waals surface area contributed by atoms with E-state index in [9.17, 15) is 14.0 Å². The molecule has 2 aromatic carbocycles. The molecule has 32 heavy (non-hydrogen) atoms. The summed E-state index contributed by atoms with van der Waals surface area (Å²) in [5.74, 6) is -0.869. The molecule has 0 aliphatic carbocycles. The average Bonchev–Trinajstić information content (AvgIpc) is 3.17. The number of halogens is 1. The van der Waals surface area contributed by atoms with Crippen LogP contribution in [0.3, 0.4) is 0 Å². The van der Waals surface area contributed by atoms with Gasteiger partial charge in [-0.1, -0.05) is 12.1 Å². The molecule has 2 N–H and O–H groups in total. The van der Waals surface area contributed by atoms with Gasteiger partial charge in [0.1, 0.15) is 11.5 Å². The van der Waals surface area contributed by atoms with E-state index in [1.165, 1.54) is 16.9 Å². The number of nitrogens with zero attached hydrogens (tertiary/aromatic N) is 3. The molecule has 0 spiro atoms. The molecule has 1 fully saturated rings. The Morgan fingerprint density at radius 1 is 1.03 bits per heavy atom. The molecule has 1 aromatic heterocycles. The second kappa shape index (κ2) is 9.71. The van der Waals surface area contributed by atoms with Gasteiger partial charge in [0.25, 0.3) is 5.91 Å². The highest BCUT2D eigenvalue weighted by Crippen LogP contribution is 2.19. The summed E-state index contributed by atoms with van der Waals surface area (Å²) < 4.78 is 20.8. The van der Waals surface area contributed by atoms with Crippen molar-refractivity contribution in [1.29, 1.82) is 0 Å². The van der Waals surface area contributed by atoms with Crippen molar-refractivity contribution in [1.82, 2.24) is 14.7 Å². The molecule has 2 amide bonds. The van der Waals surface area contributed by atoms with Crippen LogP contribution in [-0.2, 0) is 9.53 Å². The molecule has 8 nitrogen and oxygen atoms in total. The van der Waals surface area contributed by atoms with E-state index in [1.54, 1.807) is 49.4 Å². The SMILES string of the molecule is Cc1c(C(=O)Nc2ccc(NC(=O)CN3CCOCC3)cc2)cnn1-c1ccccc1F. The zero-order valence-electron chi connectivity index (χ0n) is 17.7. The molecule has 9 heteroatoms. The van der Waals surface area contributed by atoms with Crippen LogP contribution in [0.25, 0.3) is 5.69 Å². The molecule has 0 radical (unpaired) electrons. The number of benzene rings is 2. The topological polar surface area (TPSA) is 88.5 Å². The number of para-hydroxylation sites is 1. The van der Waals surface area contributed by atoms with E-state index in [2.05, 4.69) is 15.7 Å². The number of hydrogen-bond donors (Lipinski definition) is 2. The largest absolute Gasteiger partial charge is 0.379 e. The number of amides is 2. The third-order valence-corrected chi connectivity index (χ3v) is 5.23. The van der Waals surface area contributed by atoms with Crippen LogP contribution in [0.4, 0.5) is 15.8 Å². The fourth-order valence-corrected chi connectivity index (χ4v) is 3.50. The Morgan fingerprint density at radius 3 is 2.38 bits per heavy atom. The third-order valence-electron chi connectivity index (χ3n) is 5.23. The van der Waals surface area contributed by atoms with Crippen LogP contribution in [-0.4, -0.2) is 59.3 Å². The van der Waals surface area contributed by atoms with Crippen LogP contribution < -0.4 is 10.6 Å². The summed E-state index contributed by atoms with van der Waals surface area (Å²) in [7, 11) is 0. The fraction of sp³-hybridized carbons (Fsp3) is 0.261. The first kappa shape index (κ1) is 21.7. The van der Waals surface area contributed by atoms with E-state index in [0.717, 1.165) is 13.1 Å². The van der Waals surface area contributed by atoms with Crippen molar-refractivity contribution in [3.8, 4) is 5.69 Å². The van der Waals surface area contributed by atoms with Gasteiger partial charge in [-0.2, -0.15) is 5.10 Å². The molecule has 0 unspecified atom stereocenters. The van der Waals surface area contributed by atoms with Crippen LogP contribution in [0.15, 0.2) is 54.7 Å². The van der Waals surface area contributed by atoms with Gasteiger partial charge in [-0.3, -0.25) is 14.5 Å². The molecule has 0 bridgehead atoms. The molecule has 2 heterocycles. The van der Waals surface area contributed by atoms with Gasteiger partial charge in [-0.25, -0.2) is 9.07 Å². The number of rotatable bonds is 6. The summed E-state index contributed by atoms with van der Waals surface area (Å²) in [6.07, 6.45) is 1.41. The molecule has 3 aromatic rings. The van der Waals surface area contributed by atoms with E-state index in [-0.39, 0.29) is 17.5 Å². The maximum Gasteiger partial charge on any atom is 0.259 e. The second-order valence-corrected chi connectivity index (χ2v) is 7.48. The number of nitrogens with one attached hydrogen (secondary N) is 2.